The lowest BCUT2D eigenvalue weighted by atomic mass is 10.1. The molecule has 0 radical (unpaired) electrons. The van der Waals surface area contributed by atoms with E-state index in [2.05, 4.69) is 33.1 Å². The molecule has 31 heavy (non-hydrogen) atoms. The van der Waals surface area contributed by atoms with Crippen molar-refractivity contribution in [1.29, 1.82) is 5.26 Å². The van der Waals surface area contributed by atoms with Crippen molar-refractivity contribution >= 4 is 17.3 Å². The van der Waals surface area contributed by atoms with Crippen LogP contribution in [0.1, 0.15) is 17.3 Å². The highest BCUT2D eigenvalue weighted by Gasteiger charge is 2.55. The van der Waals surface area contributed by atoms with Crippen LogP contribution in [0.25, 0.3) is 16.6 Å². The summed E-state index contributed by atoms with van der Waals surface area (Å²) >= 11 is 1.20. The highest BCUT2D eigenvalue weighted by atomic mass is 32.2. The van der Waals surface area contributed by atoms with E-state index < -0.39 is 5.82 Å². The van der Waals surface area contributed by atoms with Gasteiger partial charge in [-0.1, -0.05) is 11.8 Å². The van der Waals surface area contributed by atoms with Crippen molar-refractivity contribution in [2.45, 2.75) is 22.9 Å². The Kier molecular flexibility index (Phi) is 4.13. The van der Waals surface area contributed by atoms with Gasteiger partial charge in [0.2, 0.25) is 0 Å². The van der Waals surface area contributed by atoms with Gasteiger partial charge in [0.15, 0.2) is 5.82 Å². The molecule has 0 bridgehead atoms. The first kappa shape index (κ1) is 18.5. The average Bonchev–Trinajstić information content (AvgIpc) is 3.20. The van der Waals surface area contributed by atoms with Gasteiger partial charge in [-0.05, 0) is 25.1 Å². The normalized spacial score (nSPS) is 21.9. The van der Waals surface area contributed by atoms with Gasteiger partial charge in [0.25, 0.3) is 0 Å². The van der Waals surface area contributed by atoms with E-state index in [-0.39, 0.29) is 5.03 Å². The van der Waals surface area contributed by atoms with Crippen LogP contribution in [-0.2, 0) is 0 Å². The Morgan fingerprint density at radius 2 is 2.10 bits per heavy atom. The molecule has 9 heteroatoms. The van der Waals surface area contributed by atoms with Gasteiger partial charge in [-0.3, -0.25) is 4.68 Å². The Balaban J connectivity index is 1.46. The quantitative estimate of drug-likeness (QED) is 0.533. The largest absolute Gasteiger partial charge is 0.316 e. The van der Waals surface area contributed by atoms with Crippen LogP contribution >= 0.6 is 11.8 Å². The lowest BCUT2D eigenvalue weighted by Crippen LogP contribution is -2.17. The van der Waals surface area contributed by atoms with Crippen molar-refractivity contribution in [3.05, 3.63) is 60.1 Å². The fourth-order valence-corrected chi connectivity index (χ4v) is 5.67. The van der Waals surface area contributed by atoms with Gasteiger partial charge in [-0.2, -0.15) is 15.5 Å². The first-order valence-electron chi connectivity index (χ1n) is 10.1. The number of rotatable bonds is 4. The summed E-state index contributed by atoms with van der Waals surface area (Å²) in [5.74, 6) is 0.930. The van der Waals surface area contributed by atoms with Crippen molar-refractivity contribution in [2.24, 2.45) is 11.8 Å². The molecule has 0 amide bonds. The predicted molar refractivity (Wildman–Crippen MR) is 113 cm³/mol. The number of halogens is 1. The first-order valence-corrected chi connectivity index (χ1v) is 10.9. The van der Waals surface area contributed by atoms with Crippen LogP contribution in [0.2, 0.25) is 0 Å². The summed E-state index contributed by atoms with van der Waals surface area (Å²) in [5.41, 5.74) is 4.13. The molecule has 2 unspecified atom stereocenters. The topological polar surface area (TPSA) is 83.8 Å². The van der Waals surface area contributed by atoms with E-state index in [0.717, 1.165) is 34.8 Å². The molecular formula is C22H18FN7S. The Labute approximate surface area is 181 Å². The van der Waals surface area contributed by atoms with E-state index >= 15 is 0 Å². The molecule has 1 aliphatic heterocycles. The number of hydrogen-bond acceptors (Lipinski definition) is 6. The molecular weight excluding hydrogens is 413 g/mol. The third kappa shape index (κ3) is 2.86. The third-order valence-electron chi connectivity index (χ3n) is 6.31. The Morgan fingerprint density at radius 3 is 2.87 bits per heavy atom. The average molecular weight is 432 g/mol. The summed E-state index contributed by atoms with van der Waals surface area (Å²) in [4.78, 5) is 4.89. The first-order chi connectivity index (χ1) is 15.2. The molecule has 7 nitrogen and oxygen atoms in total. The number of fused-ring (bicyclic) bond motifs is 2. The van der Waals surface area contributed by atoms with Crippen LogP contribution in [-0.4, -0.2) is 37.5 Å². The number of nitriles is 1. The summed E-state index contributed by atoms with van der Waals surface area (Å²) in [6.45, 7) is 4.19. The van der Waals surface area contributed by atoms with E-state index in [1.807, 2.05) is 18.5 Å². The minimum absolute atomic E-state index is 0.261. The monoisotopic (exact) mass is 431 g/mol. The number of piperidine rings is 1. The van der Waals surface area contributed by atoms with Crippen molar-refractivity contribution in [1.82, 2.24) is 29.7 Å². The maximum atomic E-state index is 14.3. The highest BCUT2D eigenvalue weighted by molar-refractivity contribution is 7.99. The zero-order valence-corrected chi connectivity index (χ0v) is 17.5. The van der Waals surface area contributed by atoms with Gasteiger partial charge in [-0.15, -0.1) is 0 Å². The minimum atomic E-state index is -0.396. The fraction of sp³-hybridized carbons (Fsp3) is 0.273. The summed E-state index contributed by atoms with van der Waals surface area (Å²) in [7, 11) is 0. The molecule has 0 aromatic carbocycles. The van der Waals surface area contributed by atoms with Crippen LogP contribution in [0.5, 0.6) is 0 Å². The lowest BCUT2D eigenvalue weighted by molar-refractivity contribution is 0.514. The zero-order chi connectivity index (χ0) is 21.1. The lowest BCUT2D eigenvalue weighted by Gasteiger charge is -2.10. The van der Waals surface area contributed by atoms with Crippen LogP contribution in [0, 0.1) is 35.9 Å². The van der Waals surface area contributed by atoms with Crippen molar-refractivity contribution < 1.29 is 4.39 Å². The van der Waals surface area contributed by atoms with Gasteiger partial charge < -0.3 is 5.32 Å². The van der Waals surface area contributed by atoms with E-state index in [4.69, 9.17) is 5.10 Å². The fourth-order valence-electron chi connectivity index (χ4n) is 4.70. The number of pyridine rings is 2. The number of nitrogens with one attached hydrogen (secondary N) is 1. The van der Waals surface area contributed by atoms with Crippen molar-refractivity contribution in [2.75, 3.05) is 13.1 Å². The molecule has 6 rings (SSSR count). The second-order valence-corrected chi connectivity index (χ2v) is 9.04. The molecule has 2 aliphatic rings. The van der Waals surface area contributed by atoms with Gasteiger partial charge in [0.1, 0.15) is 11.1 Å². The molecule has 1 aliphatic carbocycles. The maximum absolute atomic E-state index is 14.3. The summed E-state index contributed by atoms with van der Waals surface area (Å²) in [6.07, 6.45) is 6.89. The SMILES string of the molecule is Cc1c(-c2cc(Sc3ncccc3F)c3c(C#N)cnn3c2)cnn1C1C2CNCC21. The number of nitrogens with zero attached hydrogens (tertiary/aromatic N) is 6. The molecule has 0 spiro atoms. The second-order valence-electron chi connectivity index (χ2n) is 8.01. The molecule has 5 heterocycles. The highest BCUT2D eigenvalue weighted by Crippen LogP contribution is 2.53. The molecule has 154 valence electrons. The summed E-state index contributed by atoms with van der Waals surface area (Å²) in [6, 6.07) is 7.56. The summed E-state index contributed by atoms with van der Waals surface area (Å²) < 4.78 is 18.1. The van der Waals surface area contributed by atoms with E-state index in [0.29, 0.717) is 29.0 Å². The Morgan fingerprint density at radius 1 is 1.26 bits per heavy atom. The smallest absolute Gasteiger partial charge is 0.155 e. The van der Waals surface area contributed by atoms with E-state index in [1.54, 1.807) is 16.8 Å². The Hall–Kier alpha value is -3.22. The molecule has 2 fully saturated rings. The maximum Gasteiger partial charge on any atom is 0.155 e. The van der Waals surface area contributed by atoms with Crippen LogP contribution in [0.15, 0.2) is 52.9 Å². The van der Waals surface area contributed by atoms with Crippen LogP contribution in [0.4, 0.5) is 4.39 Å². The standard InChI is InChI=1S/C22H18FN7S/c1-12-15(10-28-30(12)21-16-8-25-9-17(16)21)13-5-19(31-22-18(23)3-2-4-26-22)20-14(6-24)7-27-29(20)11-13/h2-5,7,10-11,16-17,21,25H,8-9H2,1H3. The van der Waals surface area contributed by atoms with Gasteiger partial charge >= 0.3 is 0 Å². The number of aromatic nitrogens is 5. The Bertz CT molecular complexity index is 1360. The summed E-state index contributed by atoms with van der Waals surface area (Å²) in [5, 5.41) is 22.3. The molecule has 1 saturated heterocycles. The zero-order valence-electron chi connectivity index (χ0n) is 16.7. The molecule has 2 atom stereocenters. The molecule has 1 saturated carbocycles. The van der Waals surface area contributed by atoms with E-state index in [9.17, 15) is 9.65 Å². The van der Waals surface area contributed by atoms with Crippen molar-refractivity contribution in [3.8, 4) is 17.2 Å². The van der Waals surface area contributed by atoms with Gasteiger partial charge in [0.05, 0.1) is 29.5 Å². The second kappa shape index (κ2) is 6.90. The number of hydrogen-bond donors (Lipinski definition) is 1. The minimum Gasteiger partial charge on any atom is -0.316 e. The van der Waals surface area contributed by atoms with E-state index in [1.165, 1.54) is 24.0 Å². The van der Waals surface area contributed by atoms with Crippen LogP contribution in [0.3, 0.4) is 0 Å². The van der Waals surface area contributed by atoms with Crippen LogP contribution < -0.4 is 5.32 Å². The molecule has 4 aromatic heterocycles. The van der Waals surface area contributed by atoms with Gasteiger partial charge in [0, 0.05) is 59.0 Å². The molecule has 1 N–H and O–H groups in total. The molecule has 4 aromatic rings. The van der Waals surface area contributed by atoms with Gasteiger partial charge in [-0.25, -0.2) is 13.9 Å². The third-order valence-corrected chi connectivity index (χ3v) is 7.34. The van der Waals surface area contributed by atoms with Crippen molar-refractivity contribution in [3.63, 3.8) is 0 Å². The predicted octanol–water partition coefficient (Wildman–Crippen LogP) is 3.45.